The van der Waals surface area contributed by atoms with E-state index in [0.717, 1.165) is 31.7 Å². The highest BCUT2D eigenvalue weighted by Gasteiger charge is 2.34. The molecule has 90 valence electrons. The van der Waals surface area contributed by atoms with Gasteiger partial charge in [0.25, 0.3) is 0 Å². The van der Waals surface area contributed by atoms with Crippen molar-refractivity contribution in [3.8, 4) is 0 Å². The van der Waals surface area contributed by atoms with Gasteiger partial charge in [0.2, 0.25) is 0 Å². The minimum absolute atomic E-state index is 0.0288. The number of hydrogen-bond donors (Lipinski definition) is 1. The standard InChI is InChI=1S/C10H14F3N3/c11-10(12,13)8-5-15-16(6-8)9-3-1-2-7(9)4-14/h5-7,9H,1-4,14H2. The number of halogens is 3. The maximum Gasteiger partial charge on any atom is 0.419 e. The maximum atomic E-state index is 12.4. The van der Waals surface area contributed by atoms with E-state index in [2.05, 4.69) is 5.10 Å². The molecule has 1 fully saturated rings. The van der Waals surface area contributed by atoms with Gasteiger partial charge in [-0.15, -0.1) is 0 Å². The zero-order valence-electron chi connectivity index (χ0n) is 8.74. The molecule has 0 aliphatic heterocycles. The van der Waals surface area contributed by atoms with Gasteiger partial charge in [0.1, 0.15) is 0 Å². The van der Waals surface area contributed by atoms with E-state index in [1.54, 1.807) is 0 Å². The van der Waals surface area contributed by atoms with Gasteiger partial charge in [0, 0.05) is 6.20 Å². The summed E-state index contributed by atoms with van der Waals surface area (Å²) in [6.07, 6.45) is 0.497. The predicted molar refractivity (Wildman–Crippen MR) is 52.7 cm³/mol. The molecule has 2 atom stereocenters. The Morgan fingerprint density at radius 2 is 2.19 bits per heavy atom. The third-order valence-corrected chi connectivity index (χ3v) is 3.19. The van der Waals surface area contributed by atoms with Crippen LogP contribution in [0.15, 0.2) is 12.4 Å². The van der Waals surface area contributed by atoms with Gasteiger partial charge in [-0.25, -0.2) is 0 Å². The summed E-state index contributed by atoms with van der Waals surface area (Å²) in [6, 6.07) is 0.0288. The van der Waals surface area contributed by atoms with Crippen molar-refractivity contribution in [3.63, 3.8) is 0 Å². The molecule has 0 saturated heterocycles. The molecule has 1 aromatic rings. The Morgan fingerprint density at radius 3 is 2.75 bits per heavy atom. The first-order valence-electron chi connectivity index (χ1n) is 5.34. The van der Waals surface area contributed by atoms with Crippen LogP contribution in [0.4, 0.5) is 13.2 Å². The average Bonchev–Trinajstić information content (AvgIpc) is 2.84. The fraction of sp³-hybridized carbons (Fsp3) is 0.700. The van der Waals surface area contributed by atoms with E-state index in [1.165, 1.54) is 4.68 Å². The molecule has 0 bridgehead atoms. The lowest BCUT2D eigenvalue weighted by Crippen LogP contribution is -2.22. The molecule has 2 unspecified atom stereocenters. The fourth-order valence-electron chi connectivity index (χ4n) is 2.31. The van der Waals surface area contributed by atoms with Crippen molar-refractivity contribution in [1.29, 1.82) is 0 Å². The molecule has 0 amide bonds. The van der Waals surface area contributed by atoms with Crippen molar-refractivity contribution in [2.75, 3.05) is 6.54 Å². The molecule has 0 aromatic carbocycles. The van der Waals surface area contributed by atoms with E-state index in [1.807, 2.05) is 0 Å². The SMILES string of the molecule is NCC1CCCC1n1cc(C(F)(F)F)cn1. The van der Waals surface area contributed by atoms with Crippen LogP contribution in [0.3, 0.4) is 0 Å². The second-order valence-corrected chi connectivity index (χ2v) is 4.20. The Labute approximate surface area is 91.4 Å². The summed E-state index contributed by atoms with van der Waals surface area (Å²) in [5.41, 5.74) is 4.91. The summed E-state index contributed by atoms with van der Waals surface area (Å²) < 4.78 is 38.6. The van der Waals surface area contributed by atoms with E-state index >= 15 is 0 Å². The molecule has 1 saturated carbocycles. The van der Waals surface area contributed by atoms with Crippen LogP contribution in [-0.2, 0) is 6.18 Å². The van der Waals surface area contributed by atoms with Crippen molar-refractivity contribution in [1.82, 2.24) is 9.78 Å². The minimum Gasteiger partial charge on any atom is -0.330 e. The molecule has 1 aliphatic carbocycles. The second kappa shape index (κ2) is 4.08. The van der Waals surface area contributed by atoms with Gasteiger partial charge in [0.05, 0.1) is 17.8 Å². The summed E-state index contributed by atoms with van der Waals surface area (Å²) in [5.74, 6) is 0.251. The number of rotatable bonds is 2. The molecule has 1 aliphatic rings. The van der Waals surface area contributed by atoms with Crippen molar-refractivity contribution in [3.05, 3.63) is 18.0 Å². The Morgan fingerprint density at radius 1 is 1.44 bits per heavy atom. The van der Waals surface area contributed by atoms with Crippen molar-refractivity contribution in [2.45, 2.75) is 31.5 Å². The van der Waals surface area contributed by atoms with Crippen LogP contribution in [0.25, 0.3) is 0 Å². The van der Waals surface area contributed by atoms with Gasteiger partial charge in [-0.3, -0.25) is 4.68 Å². The molecule has 16 heavy (non-hydrogen) atoms. The van der Waals surface area contributed by atoms with E-state index in [-0.39, 0.29) is 12.0 Å². The summed E-state index contributed by atoms with van der Waals surface area (Å²) in [7, 11) is 0. The highest BCUT2D eigenvalue weighted by atomic mass is 19.4. The molecule has 0 spiro atoms. The van der Waals surface area contributed by atoms with Crippen molar-refractivity contribution >= 4 is 0 Å². The van der Waals surface area contributed by atoms with E-state index in [9.17, 15) is 13.2 Å². The summed E-state index contributed by atoms with van der Waals surface area (Å²) in [5, 5.41) is 3.80. The lowest BCUT2D eigenvalue weighted by Gasteiger charge is -2.18. The van der Waals surface area contributed by atoms with Crippen molar-refractivity contribution < 1.29 is 13.2 Å². The van der Waals surface area contributed by atoms with Crippen LogP contribution in [0.1, 0.15) is 30.9 Å². The molecule has 6 heteroatoms. The van der Waals surface area contributed by atoms with Gasteiger partial charge in [-0.05, 0) is 25.3 Å². The number of nitrogens with zero attached hydrogens (tertiary/aromatic N) is 2. The van der Waals surface area contributed by atoms with Crippen LogP contribution in [0.2, 0.25) is 0 Å². The third kappa shape index (κ3) is 2.07. The quantitative estimate of drug-likeness (QED) is 0.851. The largest absolute Gasteiger partial charge is 0.419 e. The van der Waals surface area contributed by atoms with Crippen LogP contribution >= 0.6 is 0 Å². The molecular formula is C10H14F3N3. The average molecular weight is 233 g/mol. The van der Waals surface area contributed by atoms with Crippen molar-refractivity contribution in [2.24, 2.45) is 11.7 Å². The fourth-order valence-corrected chi connectivity index (χ4v) is 2.31. The maximum absolute atomic E-state index is 12.4. The van der Waals surface area contributed by atoms with Gasteiger partial charge in [-0.2, -0.15) is 18.3 Å². The highest BCUT2D eigenvalue weighted by molar-refractivity contribution is 5.09. The zero-order chi connectivity index (χ0) is 11.8. The Kier molecular flexibility index (Phi) is 2.92. The minimum atomic E-state index is -4.31. The summed E-state index contributed by atoms with van der Waals surface area (Å²) in [4.78, 5) is 0. The Balaban J connectivity index is 2.18. The topological polar surface area (TPSA) is 43.8 Å². The third-order valence-electron chi connectivity index (χ3n) is 3.19. The first-order valence-corrected chi connectivity index (χ1v) is 5.34. The first kappa shape index (κ1) is 11.4. The lowest BCUT2D eigenvalue weighted by molar-refractivity contribution is -0.137. The van der Waals surface area contributed by atoms with Crippen LogP contribution in [0.5, 0.6) is 0 Å². The normalized spacial score (nSPS) is 26.2. The molecule has 3 nitrogen and oxygen atoms in total. The predicted octanol–water partition coefficient (Wildman–Crippen LogP) is 2.20. The van der Waals surface area contributed by atoms with Gasteiger partial charge in [0.15, 0.2) is 0 Å². The Hall–Kier alpha value is -1.04. The number of nitrogens with two attached hydrogens (primary N) is 1. The highest BCUT2D eigenvalue weighted by Crippen LogP contribution is 2.36. The summed E-state index contributed by atoms with van der Waals surface area (Å²) >= 11 is 0. The van der Waals surface area contributed by atoms with Gasteiger partial charge < -0.3 is 5.73 Å². The number of alkyl halides is 3. The monoisotopic (exact) mass is 233 g/mol. The van der Waals surface area contributed by atoms with E-state index in [4.69, 9.17) is 5.73 Å². The summed E-state index contributed by atoms with van der Waals surface area (Å²) in [6.45, 7) is 0.506. The zero-order valence-corrected chi connectivity index (χ0v) is 8.74. The van der Waals surface area contributed by atoms with Crippen LogP contribution < -0.4 is 5.73 Å². The Bertz CT molecular complexity index is 358. The van der Waals surface area contributed by atoms with E-state index < -0.39 is 11.7 Å². The molecule has 2 rings (SSSR count). The lowest BCUT2D eigenvalue weighted by atomic mass is 10.0. The van der Waals surface area contributed by atoms with Crippen LogP contribution in [0, 0.1) is 5.92 Å². The molecule has 1 heterocycles. The van der Waals surface area contributed by atoms with Gasteiger partial charge in [-0.1, -0.05) is 6.42 Å². The number of aromatic nitrogens is 2. The molecule has 1 aromatic heterocycles. The van der Waals surface area contributed by atoms with Gasteiger partial charge >= 0.3 is 6.18 Å². The first-order chi connectivity index (χ1) is 7.52. The smallest absolute Gasteiger partial charge is 0.330 e. The molecular weight excluding hydrogens is 219 g/mol. The molecule has 0 radical (unpaired) electrons. The molecule has 2 N–H and O–H groups in total. The second-order valence-electron chi connectivity index (χ2n) is 4.20. The van der Waals surface area contributed by atoms with E-state index in [0.29, 0.717) is 6.54 Å². The number of hydrogen-bond acceptors (Lipinski definition) is 2. The van der Waals surface area contributed by atoms with Crippen LogP contribution in [-0.4, -0.2) is 16.3 Å².